The predicted molar refractivity (Wildman–Crippen MR) is 106 cm³/mol. The minimum atomic E-state index is -0.603. The van der Waals surface area contributed by atoms with Crippen molar-refractivity contribution in [3.8, 4) is 10.6 Å². The summed E-state index contributed by atoms with van der Waals surface area (Å²) in [7, 11) is 0. The second-order valence-electron chi connectivity index (χ2n) is 6.60. The van der Waals surface area contributed by atoms with Gasteiger partial charge in [0.1, 0.15) is 16.6 Å². The third-order valence-electron chi connectivity index (χ3n) is 4.36. The Morgan fingerprint density at radius 2 is 1.93 bits per heavy atom. The first-order chi connectivity index (χ1) is 13.5. The first-order valence-electron chi connectivity index (χ1n) is 8.71. The largest absolute Gasteiger partial charge is 0.359 e. The molecular weight excluding hydrogens is 382 g/mol. The normalized spacial score (nSPS) is 12.4. The lowest BCUT2D eigenvalue weighted by molar-refractivity contribution is 0.576. The number of H-pyrrole nitrogens is 1. The van der Waals surface area contributed by atoms with Crippen molar-refractivity contribution in [1.82, 2.24) is 20.4 Å². The number of aromatic nitrogens is 4. The Balaban J connectivity index is 1.40. The van der Waals surface area contributed by atoms with E-state index in [4.69, 9.17) is 5.73 Å². The number of anilines is 1. The van der Waals surface area contributed by atoms with Crippen molar-refractivity contribution in [2.75, 3.05) is 11.9 Å². The summed E-state index contributed by atoms with van der Waals surface area (Å²) in [5.74, 6) is -1.21. The van der Waals surface area contributed by atoms with Crippen molar-refractivity contribution in [3.63, 3.8) is 0 Å². The molecule has 0 fully saturated rings. The molecule has 144 valence electrons. The number of benzene rings is 2. The summed E-state index contributed by atoms with van der Waals surface area (Å²) in [5, 5.41) is 21.2. The zero-order valence-corrected chi connectivity index (χ0v) is 15.9. The van der Waals surface area contributed by atoms with E-state index in [2.05, 4.69) is 25.7 Å². The van der Waals surface area contributed by atoms with E-state index in [1.54, 1.807) is 0 Å². The number of nitrogens with two attached hydrogens (primary N) is 1. The van der Waals surface area contributed by atoms with Gasteiger partial charge in [-0.05, 0) is 49.2 Å². The number of nitrogens with one attached hydrogen (secondary N) is 2. The van der Waals surface area contributed by atoms with Gasteiger partial charge in [0.15, 0.2) is 0 Å². The van der Waals surface area contributed by atoms with Crippen LogP contribution in [0.1, 0.15) is 11.3 Å². The molecule has 0 spiro atoms. The lowest BCUT2D eigenvalue weighted by Gasteiger charge is -2.12. The maximum atomic E-state index is 13.3. The lowest BCUT2D eigenvalue weighted by atomic mass is 10.1. The number of fused-ring (bicyclic) bond motifs is 1. The van der Waals surface area contributed by atoms with Crippen LogP contribution in [0.5, 0.6) is 0 Å². The predicted octanol–water partition coefficient (Wildman–Crippen LogP) is 3.65. The highest BCUT2D eigenvalue weighted by atomic mass is 32.1. The van der Waals surface area contributed by atoms with Crippen LogP contribution in [0.2, 0.25) is 0 Å². The first-order valence-corrected chi connectivity index (χ1v) is 9.52. The molecule has 2 heterocycles. The molecular formula is C19H18F2N6S. The van der Waals surface area contributed by atoms with Crippen molar-refractivity contribution in [1.29, 1.82) is 0 Å². The molecule has 0 radical (unpaired) electrons. The van der Waals surface area contributed by atoms with Gasteiger partial charge in [-0.25, -0.2) is 8.78 Å². The fourth-order valence-electron chi connectivity index (χ4n) is 3.01. The highest BCUT2D eigenvalue weighted by Crippen LogP contribution is 2.29. The zero-order chi connectivity index (χ0) is 19.7. The molecule has 1 atom stereocenters. The maximum absolute atomic E-state index is 13.3. The molecule has 0 saturated carbocycles. The molecule has 2 aromatic heterocycles. The molecule has 0 bridgehead atoms. The molecule has 0 aliphatic carbocycles. The summed E-state index contributed by atoms with van der Waals surface area (Å²) in [6, 6.07) is 9.07. The average molecular weight is 400 g/mol. The third-order valence-corrected chi connectivity index (χ3v) is 5.29. The highest BCUT2D eigenvalue weighted by molar-refractivity contribution is 7.18. The fraction of sp³-hybridized carbons (Fsp3) is 0.211. The van der Waals surface area contributed by atoms with Gasteiger partial charge < -0.3 is 11.1 Å². The first kappa shape index (κ1) is 18.5. The molecule has 4 rings (SSSR count). The van der Waals surface area contributed by atoms with Crippen LogP contribution in [0, 0.1) is 18.6 Å². The van der Waals surface area contributed by atoms with E-state index >= 15 is 0 Å². The van der Waals surface area contributed by atoms with Gasteiger partial charge in [-0.2, -0.15) is 5.10 Å². The van der Waals surface area contributed by atoms with E-state index in [1.807, 2.05) is 25.1 Å². The Labute approximate surface area is 163 Å². The Kier molecular flexibility index (Phi) is 5.01. The molecule has 2 aromatic carbocycles. The van der Waals surface area contributed by atoms with Gasteiger partial charge in [0.25, 0.3) is 0 Å². The van der Waals surface area contributed by atoms with Gasteiger partial charge in [0.2, 0.25) is 5.13 Å². The van der Waals surface area contributed by atoms with Gasteiger partial charge in [-0.1, -0.05) is 11.3 Å². The van der Waals surface area contributed by atoms with E-state index in [-0.39, 0.29) is 6.04 Å². The van der Waals surface area contributed by atoms with Gasteiger partial charge in [-0.15, -0.1) is 10.2 Å². The number of hydrogen-bond donors (Lipinski definition) is 3. The lowest BCUT2D eigenvalue weighted by Crippen LogP contribution is -2.31. The van der Waals surface area contributed by atoms with Gasteiger partial charge in [0, 0.05) is 29.6 Å². The monoisotopic (exact) mass is 400 g/mol. The van der Waals surface area contributed by atoms with Crippen LogP contribution in [-0.4, -0.2) is 33.0 Å². The zero-order valence-electron chi connectivity index (χ0n) is 15.0. The number of halogens is 2. The quantitative estimate of drug-likeness (QED) is 0.459. The number of nitrogens with zero attached hydrogens (tertiary/aromatic N) is 3. The Hall–Kier alpha value is -2.91. The maximum Gasteiger partial charge on any atom is 0.206 e. The highest BCUT2D eigenvalue weighted by Gasteiger charge is 2.11. The van der Waals surface area contributed by atoms with Crippen LogP contribution in [0.4, 0.5) is 13.9 Å². The molecule has 0 aliphatic rings. The smallest absolute Gasteiger partial charge is 0.206 e. The molecule has 4 aromatic rings. The van der Waals surface area contributed by atoms with Crippen LogP contribution >= 0.6 is 11.3 Å². The van der Waals surface area contributed by atoms with Crippen molar-refractivity contribution in [2.24, 2.45) is 5.73 Å². The van der Waals surface area contributed by atoms with Crippen LogP contribution in [0.25, 0.3) is 21.5 Å². The Morgan fingerprint density at radius 3 is 2.71 bits per heavy atom. The van der Waals surface area contributed by atoms with Crippen molar-refractivity contribution in [3.05, 3.63) is 59.3 Å². The Bertz CT molecular complexity index is 1100. The SMILES string of the molecule is Cc1n[nH]c2ccc(-c3nnc(NCC(N)Cc4cc(F)cc(F)c4)s3)cc12. The Morgan fingerprint density at radius 1 is 1.14 bits per heavy atom. The summed E-state index contributed by atoms with van der Waals surface area (Å²) in [6.07, 6.45) is 0.351. The minimum Gasteiger partial charge on any atom is -0.359 e. The van der Waals surface area contributed by atoms with Gasteiger partial charge >= 0.3 is 0 Å². The van der Waals surface area contributed by atoms with Crippen LogP contribution in [0.15, 0.2) is 36.4 Å². The summed E-state index contributed by atoms with van der Waals surface area (Å²) < 4.78 is 26.6. The fourth-order valence-corrected chi connectivity index (χ4v) is 3.76. The molecule has 0 aliphatic heterocycles. The molecule has 1 unspecified atom stereocenters. The standard InChI is InChI=1S/C19H18F2N6S/c1-10-16-7-12(2-3-17(16)25-24-10)18-26-27-19(28-18)23-9-15(22)6-11-4-13(20)8-14(21)5-11/h2-5,7-8,15H,6,9,22H2,1H3,(H,23,27)(H,24,25). The number of aryl methyl sites for hydroxylation is 1. The molecule has 4 N–H and O–H groups in total. The second-order valence-corrected chi connectivity index (χ2v) is 7.58. The third kappa shape index (κ3) is 4.00. The molecule has 9 heteroatoms. The summed E-state index contributed by atoms with van der Waals surface area (Å²) in [5.41, 5.74) is 9.47. The molecule has 6 nitrogen and oxygen atoms in total. The molecule has 28 heavy (non-hydrogen) atoms. The van der Waals surface area contributed by atoms with Crippen molar-refractivity contribution >= 4 is 27.4 Å². The summed E-state index contributed by atoms with van der Waals surface area (Å²) in [4.78, 5) is 0. The summed E-state index contributed by atoms with van der Waals surface area (Å²) >= 11 is 1.42. The topological polar surface area (TPSA) is 92.5 Å². The number of aromatic amines is 1. The summed E-state index contributed by atoms with van der Waals surface area (Å²) in [6.45, 7) is 2.36. The molecule has 0 saturated heterocycles. The van der Waals surface area contributed by atoms with E-state index in [1.165, 1.54) is 23.5 Å². The van der Waals surface area contributed by atoms with Crippen molar-refractivity contribution < 1.29 is 8.78 Å². The second kappa shape index (κ2) is 7.61. The van der Waals surface area contributed by atoms with Gasteiger partial charge in [-0.3, -0.25) is 5.10 Å². The van der Waals surface area contributed by atoms with Crippen LogP contribution < -0.4 is 11.1 Å². The van der Waals surface area contributed by atoms with E-state index < -0.39 is 11.6 Å². The average Bonchev–Trinajstić information content (AvgIpc) is 3.26. The number of hydrogen-bond acceptors (Lipinski definition) is 6. The minimum absolute atomic E-state index is 0.321. The van der Waals surface area contributed by atoms with Crippen LogP contribution in [-0.2, 0) is 6.42 Å². The van der Waals surface area contributed by atoms with Crippen molar-refractivity contribution in [2.45, 2.75) is 19.4 Å². The molecule has 0 amide bonds. The van der Waals surface area contributed by atoms with Crippen LogP contribution in [0.3, 0.4) is 0 Å². The van der Waals surface area contributed by atoms with E-state index in [9.17, 15) is 8.78 Å². The number of rotatable bonds is 6. The van der Waals surface area contributed by atoms with E-state index in [0.29, 0.717) is 23.7 Å². The van der Waals surface area contributed by atoms with Gasteiger partial charge in [0.05, 0.1) is 11.2 Å². The van der Waals surface area contributed by atoms with E-state index in [0.717, 1.165) is 33.2 Å².